The molecule has 2 N–H and O–H groups in total. The van der Waals surface area contributed by atoms with Crippen molar-refractivity contribution in [2.24, 2.45) is 0 Å². The molecule has 1 aliphatic heterocycles. The van der Waals surface area contributed by atoms with Crippen LogP contribution in [0.2, 0.25) is 0 Å². The Labute approximate surface area is 93.3 Å². The molecule has 84 valence electrons. The summed E-state index contributed by atoms with van der Waals surface area (Å²) in [5.74, 6) is -0.959. The standard InChI is InChI=1S/C12H13NO3/c1-12(2,11(15)16)8-3-4-9-7(5-8)6-13-10(9)14/h3-5H,6H2,1-2H3,(H,13,14)(H,15,16). The Morgan fingerprint density at radius 1 is 1.44 bits per heavy atom. The zero-order valence-corrected chi connectivity index (χ0v) is 9.20. The second-order valence-electron chi connectivity index (χ2n) is 4.48. The largest absolute Gasteiger partial charge is 0.481 e. The number of hydrogen-bond donors (Lipinski definition) is 2. The van der Waals surface area contributed by atoms with Crippen molar-refractivity contribution in [2.45, 2.75) is 25.8 Å². The van der Waals surface area contributed by atoms with Crippen molar-refractivity contribution >= 4 is 11.9 Å². The van der Waals surface area contributed by atoms with E-state index in [1.807, 2.05) is 0 Å². The summed E-state index contributed by atoms with van der Waals surface area (Å²) in [6.45, 7) is 3.79. The fourth-order valence-corrected chi connectivity index (χ4v) is 1.74. The molecule has 2 rings (SSSR count). The number of carboxylic acids is 1. The highest BCUT2D eigenvalue weighted by Crippen LogP contribution is 2.27. The second kappa shape index (κ2) is 3.33. The molecule has 1 heterocycles. The highest BCUT2D eigenvalue weighted by Gasteiger charge is 2.31. The van der Waals surface area contributed by atoms with Gasteiger partial charge in [0.25, 0.3) is 5.91 Å². The average molecular weight is 219 g/mol. The summed E-state index contributed by atoms with van der Waals surface area (Å²) in [5, 5.41) is 11.8. The molecule has 0 saturated heterocycles. The van der Waals surface area contributed by atoms with Gasteiger partial charge in [0.05, 0.1) is 5.41 Å². The third-order valence-corrected chi connectivity index (χ3v) is 3.05. The van der Waals surface area contributed by atoms with Gasteiger partial charge in [-0.1, -0.05) is 12.1 Å². The SMILES string of the molecule is CC(C)(C(=O)O)c1ccc2c(c1)CNC2=O. The molecular weight excluding hydrogens is 206 g/mol. The summed E-state index contributed by atoms with van der Waals surface area (Å²) in [7, 11) is 0. The number of carbonyl (C=O) groups is 2. The molecule has 4 nitrogen and oxygen atoms in total. The molecule has 1 amide bonds. The molecule has 0 aliphatic carbocycles. The highest BCUT2D eigenvalue weighted by atomic mass is 16.4. The fraction of sp³-hybridized carbons (Fsp3) is 0.333. The van der Waals surface area contributed by atoms with Gasteiger partial charge >= 0.3 is 5.97 Å². The Hall–Kier alpha value is -1.84. The van der Waals surface area contributed by atoms with E-state index in [0.717, 1.165) is 11.1 Å². The first kappa shape index (κ1) is 10.7. The van der Waals surface area contributed by atoms with Crippen LogP contribution in [0.1, 0.15) is 35.3 Å². The Morgan fingerprint density at radius 3 is 2.75 bits per heavy atom. The predicted molar refractivity (Wildman–Crippen MR) is 58.3 cm³/mol. The number of nitrogens with one attached hydrogen (secondary N) is 1. The fourth-order valence-electron chi connectivity index (χ4n) is 1.74. The first-order chi connectivity index (χ1) is 7.43. The summed E-state index contributed by atoms with van der Waals surface area (Å²) in [6, 6.07) is 5.19. The number of amides is 1. The van der Waals surface area contributed by atoms with Crippen LogP contribution in [0.25, 0.3) is 0 Å². The van der Waals surface area contributed by atoms with Gasteiger partial charge in [-0.2, -0.15) is 0 Å². The third kappa shape index (κ3) is 1.46. The number of fused-ring (bicyclic) bond motifs is 1. The Kier molecular flexibility index (Phi) is 2.22. The van der Waals surface area contributed by atoms with E-state index in [1.54, 1.807) is 32.0 Å². The molecule has 0 radical (unpaired) electrons. The van der Waals surface area contributed by atoms with Crippen LogP contribution in [0.5, 0.6) is 0 Å². The summed E-state index contributed by atoms with van der Waals surface area (Å²) in [4.78, 5) is 22.4. The topological polar surface area (TPSA) is 66.4 Å². The van der Waals surface area contributed by atoms with Crippen LogP contribution in [0.4, 0.5) is 0 Å². The monoisotopic (exact) mass is 219 g/mol. The lowest BCUT2D eigenvalue weighted by Gasteiger charge is -2.20. The van der Waals surface area contributed by atoms with E-state index in [1.165, 1.54) is 0 Å². The van der Waals surface area contributed by atoms with E-state index >= 15 is 0 Å². The van der Waals surface area contributed by atoms with Crippen molar-refractivity contribution in [2.75, 3.05) is 0 Å². The number of aliphatic carboxylic acids is 1. The van der Waals surface area contributed by atoms with Crippen LogP contribution in [0.15, 0.2) is 18.2 Å². The van der Waals surface area contributed by atoms with E-state index in [4.69, 9.17) is 5.11 Å². The van der Waals surface area contributed by atoms with E-state index < -0.39 is 11.4 Å². The smallest absolute Gasteiger partial charge is 0.313 e. The van der Waals surface area contributed by atoms with Crippen LogP contribution < -0.4 is 5.32 Å². The number of hydrogen-bond acceptors (Lipinski definition) is 2. The van der Waals surface area contributed by atoms with Crippen molar-refractivity contribution < 1.29 is 14.7 Å². The lowest BCUT2D eigenvalue weighted by atomic mass is 9.83. The van der Waals surface area contributed by atoms with Crippen molar-refractivity contribution in [3.8, 4) is 0 Å². The summed E-state index contributed by atoms with van der Waals surface area (Å²) >= 11 is 0. The van der Waals surface area contributed by atoms with Gasteiger partial charge < -0.3 is 10.4 Å². The molecule has 16 heavy (non-hydrogen) atoms. The van der Waals surface area contributed by atoms with Gasteiger partial charge in [0, 0.05) is 12.1 Å². The molecule has 1 aromatic rings. The van der Waals surface area contributed by atoms with Gasteiger partial charge in [-0.3, -0.25) is 9.59 Å². The Morgan fingerprint density at radius 2 is 2.12 bits per heavy atom. The number of carboxylic acid groups (broad SMARTS) is 1. The van der Waals surface area contributed by atoms with Crippen LogP contribution in [0.3, 0.4) is 0 Å². The van der Waals surface area contributed by atoms with Gasteiger partial charge in [0.1, 0.15) is 0 Å². The quantitative estimate of drug-likeness (QED) is 0.787. The van der Waals surface area contributed by atoms with E-state index in [0.29, 0.717) is 12.1 Å². The molecule has 0 aromatic heterocycles. The van der Waals surface area contributed by atoms with Gasteiger partial charge in [0.2, 0.25) is 0 Å². The van der Waals surface area contributed by atoms with Crippen molar-refractivity contribution in [1.29, 1.82) is 0 Å². The van der Waals surface area contributed by atoms with Crippen molar-refractivity contribution in [1.82, 2.24) is 5.32 Å². The minimum absolute atomic E-state index is 0.0883. The lowest BCUT2D eigenvalue weighted by molar-refractivity contribution is -0.142. The predicted octanol–water partition coefficient (Wildman–Crippen LogP) is 1.29. The van der Waals surface area contributed by atoms with E-state index in [2.05, 4.69) is 5.32 Å². The number of benzene rings is 1. The first-order valence-corrected chi connectivity index (χ1v) is 5.08. The number of carbonyl (C=O) groups excluding carboxylic acids is 1. The summed E-state index contributed by atoms with van der Waals surface area (Å²) in [6.07, 6.45) is 0. The second-order valence-corrected chi connectivity index (χ2v) is 4.48. The summed E-state index contributed by atoms with van der Waals surface area (Å²) in [5.41, 5.74) is 1.30. The zero-order valence-electron chi connectivity index (χ0n) is 9.20. The van der Waals surface area contributed by atoms with Gasteiger partial charge in [-0.25, -0.2) is 0 Å². The van der Waals surface area contributed by atoms with Gasteiger partial charge in [-0.15, -0.1) is 0 Å². The maximum atomic E-state index is 11.3. The van der Waals surface area contributed by atoms with Gasteiger partial charge in [0.15, 0.2) is 0 Å². The maximum absolute atomic E-state index is 11.3. The minimum atomic E-state index is -0.930. The van der Waals surface area contributed by atoms with Gasteiger partial charge in [-0.05, 0) is 31.0 Å². The van der Waals surface area contributed by atoms with Crippen LogP contribution in [-0.4, -0.2) is 17.0 Å². The Balaban J connectivity index is 2.47. The Bertz CT molecular complexity index is 477. The van der Waals surface area contributed by atoms with Crippen LogP contribution in [0, 0.1) is 0 Å². The zero-order chi connectivity index (χ0) is 11.9. The maximum Gasteiger partial charge on any atom is 0.313 e. The number of rotatable bonds is 2. The van der Waals surface area contributed by atoms with Crippen molar-refractivity contribution in [3.05, 3.63) is 34.9 Å². The van der Waals surface area contributed by atoms with Crippen molar-refractivity contribution in [3.63, 3.8) is 0 Å². The van der Waals surface area contributed by atoms with Crippen LogP contribution >= 0.6 is 0 Å². The lowest BCUT2D eigenvalue weighted by Crippen LogP contribution is -2.28. The molecule has 0 atom stereocenters. The summed E-state index contributed by atoms with van der Waals surface area (Å²) < 4.78 is 0. The minimum Gasteiger partial charge on any atom is -0.481 e. The highest BCUT2D eigenvalue weighted by molar-refractivity contribution is 5.98. The molecule has 0 spiro atoms. The first-order valence-electron chi connectivity index (χ1n) is 5.08. The molecule has 0 unspecified atom stereocenters. The molecule has 0 saturated carbocycles. The molecular formula is C12H13NO3. The van der Waals surface area contributed by atoms with Crippen LogP contribution in [-0.2, 0) is 16.8 Å². The molecule has 1 aliphatic rings. The van der Waals surface area contributed by atoms with E-state index in [9.17, 15) is 9.59 Å². The third-order valence-electron chi connectivity index (χ3n) is 3.05. The molecule has 1 aromatic carbocycles. The average Bonchev–Trinajstić information content (AvgIpc) is 2.60. The molecule has 4 heteroatoms. The molecule has 0 bridgehead atoms. The van der Waals surface area contributed by atoms with E-state index in [-0.39, 0.29) is 5.91 Å². The molecule has 0 fully saturated rings. The normalized spacial score (nSPS) is 14.5.